The molecule has 5 heteroatoms. The van der Waals surface area contributed by atoms with E-state index in [0.717, 1.165) is 45.6 Å². The maximum Gasteiger partial charge on any atom is 0.239 e. The van der Waals surface area contributed by atoms with Crippen molar-refractivity contribution in [1.29, 1.82) is 0 Å². The maximum atomic E-state index is 12.2. The summed E-state index contributed by atoms with van der Waals surface area (Å²) in [7, 11) is 0. The molecule has 1 unspecified atom stereocenters. The number of rotatable bonds is 2. The van der Waals surface area contributed by atoms with Crippen molar-refractivity contribution in [3.05, 3.63) is 0 Å². The zero-order chi connectivity index (χ0) is 12.5. The van der Waals surface area contributed by atoms with Gasteiger partial charge in [-0.25, -0.2) is 0 Å². The number of nitrogens with two attached hydrogens (primary N) is 1. The number of carbonyl (C=O) groups excluding carboxylic acids is 1. The van der Waals surface area contributed by atoms with E-state index in [2.05, 4.69) is 0 Å². The summed E-state index contributed by atoms with van der Waals surface area (Å²) in [4.78, 5) is 14.2. The molecule has 0 aromatic carbocycles. The van der Waals surface area contributed by atoms with Gasteiger partial charge in [0.1, 0.15) is 0 Å². The zero-order valence-corrected chi connectivity index (χ0v) is 12.2. The first-order chi connectivity index (χ1) is 8.04. The number of hydrogen-bond donors (Lipinski definition) is 1. The third-order valence-electron chi connectivity index (χ3n) is 4.31. The van der Waals surface area contributed by atoms with E-state index < -0.39 is 0 Å². The van der Waals surface area contributed by atoms with Gasteiger partial charge in [-0.1, -0.05) is 13.8 Å². The molecule has 0 aliphatic carbocycles. The summed E-state index contributed by atoms with van der Waals surface area (Å²) in [5.74, 6) is 0.345. The van der Waals surface area contributed by atoms with Crippen molar-refractivity contribution in [3.63, 3.8) is 0 Å². The Morgan fingerprint density at radius 3 is 2.44 bits per heavy atom. The highest BCUT2D eigenvalue weighted by Gasteiger charge is 2.41. The van der Waals surface area contributed by atoms with Crippen molar-refractivity contribution in [3.8, 4) is 0 Å². The Labute approximate surface area is 116 Å². The van der Waals surface area contributed by atoms with Crippen molar-refractivity contribution in [2.45, 2.75) is 39.2 Å². The van der Waals surface area contributed by atoms with Crippen LogP contribution in [0.1, 0.15) is 33.1 Å². The van der Waals surface area contributed by atoms with Gasteiger partial charge in [0.15, 0.2) is 0 Å². The monoisotopic (exact) mass is 276 g/mol. The fourth-order valence-electron chi connectivity index (χ4n) is 2.83. The van der Waals surface area contributed by atoms with Crippen molar-refractivity contribution >= 4 is 18.3 Å². The summed E-state index contributed by atoms with van der Waals surface area (Å²) >= 11 is 0. The molecule has 4 nitrogen and oxygen atoms in total. The third kappa shape index (κ3) is 3.16. The molecule has 2 fully saturated rings. The summed E-state index contributed by atoms with van der Waals surface area (Å²) in [6.07, 6.45) is 3.30. The number of likely N-dealkylation sites (tertiary alicyclic amines) is 1. The van der Waals surface area contributed by atoms with Crippen LogP contribution in [0.25, 0.3) is 0 Å². The van der Waals surface area contributed by atoms with Gasteiger partial charge in [0.25, 0.3) is 0 Å². The minimum Gasteiger partial charge on any atom is -0.381 e. The van der Waals surface area contributed by atoms with Crippen molar-refractivity contribution in [2.75, 3.05) is 26.3 Å². The summed E-state index contributed by atoms with van der Waals surface area (Å²) in [6.45, 7) is 7.46. The molecule has 18 heavy (non-hydrogen) atoms. The summed E-state index contributed by atoms with van der Waals surface area (Å²) < 4.78 is 5.41. The lowest BCUT2D eigenvalue weighted by Crippen LogP contribution is -2.46. The van der Waals surface area contributed by atoms with Gasteiger partial charge in [-0.2, -0.15) is 0 Å². The van der Waals surface area contributed by atoms with Crippen molar-refractivity contribution < 1.29 is 9.53 Å². The predicted molar refractivity (Wildman–Crippen MR) is 73.7 cm³/mol. The number of halogens is 1. The number of amides is 1. The van der Waals surface area contributed by atoms with Gasteiger partial charge in [-0.15, -0.1) is 12.4 Å². The molecular weight excluding hydrogens is 252 g/mol. The van der Waals surface area contributed by atoms with Crippen LogP contribution in [-0.2, 0) is 9.53 Å². The minimum atomic E-state index is -0.343. The first-order valence-corrected chi connectivity index (χ1v) is 6.66. The summed E-state index contributed by atoms with van der Waals surface area (Å²) in [5.41, 5.74) is 6.27. The molecule has 0 radical (unpaired) electrons. The van der Waals surface area contributed by atoms with Gasteiger partial charge in [0, 0.05) is 26.3 Å². The SMILES string of the molecule is CC(C)C(N)C(=O)N1CCC2(CCOCC2)C1.Cl. The Morgan fingerprint density at radius 2 is 1.89 bits per heavy atom. The van der Waals surface area contributed by atoms with Crippen LogP contribution >= 0.6 is 12.4 Å². The summed E-state index contributed by atoms with van der Waals surface area (Å²) in [6, 6.07) is -0.343. The molecule has 2 N–H and O–H groups in total. The Morgan fingerprint density at radius 1 is 1.28 bits per heavy atom. The van der Waals surface area contributed by atoms with Crippen LogP contribution in [0.2, 0.25) is 0 Å². The molecule has 2 saturated heterocycles. The normalized spacial score (nSPS) is 24.1. The topological polar surface area (TPSA) is 55.6 Å². The first kappa shape index (κ1) is 15.7. The maximum absolute atomic E-state index is 12.2. The number of carbonyl (C=O) groups is 1. The Kier molecular flexibility index (Phi) is 5.44. The fourth-order valence-corrected chi connectivity index (χ4v) is 2.83. The van der Waals surface area contributed by atoms with E-state index in [1.54, 1.807) is 0 Å². The molecule has 2 rings (SSSR count). The second kappa shape index (κ2) is 6.22. The van der Waals surface area contributed by atoms with E-state index >= 15 is 0 Å². The van der Waals surface area contributed by atoms with E-state index in [1.165, 1.54) is 0 Å². The van der Waals surface area contributed by atoms with Crippen LogP contribution in [0.15, 0.2) is 0 Å². The Balaban J connectivity index is 0.00000162. The number of ether oxygens (including phenoxy) is 1. The van der Waals surface area contributed by atoms with E-state index in [-0.39, 0.29) is 30.3 Å². The van der Waals surface area contributed by atoms with Crippen LogP contribution in [-0.4, -0.2) is 43.2 Å². The molecule has 1 spiro atoms. The lowest BCUT2D eigenvalue weighted by atomic mass is 9.80. The van der Waals surface area contributed by atoms with E-state index in [4.69, 9.17) is 10.5 Å². The largest absolute Gasteiger partial charge is 0.381 e. The zero-order valence-electron chi connectivity index (χ0n) is 11.4. The second-order valence-electron chi connectivity index (χ2n) is 5.89. The van der Waals surface area contributed by atoms with Crippen LogP contribution < -0.4 is 5.73 Å². The molecule has 0 aromatic rings. The Bertz CT molecular complexity index is 291. The van der Waals surface area contributed by atoms with Gasteiger partial charge in [0.05, 0.1) is 6.04 Å². The van der Waals surface area contributed by atoms with E-state index in [0.29, 0.717) is 5.41 Å². The van der Waals surface area contributed by atoms with Crippen LogP contribution in [0.3, 0.4) is 0 Å². The molecule has 0 aromatic heterocycles. The van der Waals surface area contributed by atoms with Crippen molar-refractivity contribution in [2.24, 2.45) is 17.1 Å². The summed E-state index contributed by atoms with van der Waals surface area (Å²) in [5, 5.41) is 0. The van der Waals surface area contributed by atoms with Crippen LogP contribution in [0.5, 0.6) is 0 Å². The Hall–Kier alpha value is -0.320. The van der Waals surface area contributed by atoms with Gasteiger partial charge in [-0.3, -0.25) is 4.79 Å². The highest BCUT2D eigenvalue weighted by Crippen LogP contribution is 2.39. The number of nitrogens with zero attached hydrogens (tertiary/aromatic N) is 1. The average Bonchev–Trinajstić information content (AvgIpc) is 2.72. The van der Waals surface area contributed by atoms with E-state index in [1.807, 2.05) is 18.7 Å². The third-order valence-corrected chi connectivity index (χ3v) is 4.31. The van der Waals surface area contributed by atoms with Gasteiger partial charge >= 0.3 is 0 Å². The molecule has 2 heterocycles. The molecule has 0 bridgehead atoms. The van der Waals surface area contributed by atoms with Gasteiger partial charge < -0.3 is 15.4 Å². The minimum absolute atomic E-state index is 0. The van der Waals surface area contributed by atoms with Crippen molar-refractivity contribution in [1.82, 2.24) is 4.90 Å². The first-order valence-electron chi connectivity index (χ1n) is 6.66. The molecule has 1 atom stereocenters. The van der Waals surface area contributed by atoms with Gasteiger partial charge in [0.2, 0.25) is 5.91 Å². The highest BCUT2D eigenvalue weighted by atomic mass is 35.5. The molecule has 2 aliphatic rings. The lowest BCUT2D eigenvalue weighted by Gasteiger charge is -2.33. The molecule has 1 amide bonds. The van der Waals surface area contributed by atoms with E-state index in [9.17, 15) is 4.79 Å². The number of hydrogen-bond acceptors (Lipinski definition) is 3. The smallest absolute Gasteiger partial charge is 0.239 e. The lowest BCUT2D eigenvalue weighted by molar-refractivity contribution is -0.133. The van der Waals surface area contributed by atoms with Crippen LogP contribution in [0, 0.1) is 11.3 Å². The van der Waals surface area contributed by atoms with Gasteiger partial charge in [-0.05, 0) is 30.6 Å². The average molecular weight is 277 g/mol. The predicted octanol–water partition coefficient (Wildman–Crippen LogP) is 1.42. The fraction of sp³-hybridized carbons (Fsp3) is 0.923. The molecule has 106 valence electrons. The standard InChI is InChI=1S/C13H24N2O2.ClH/c1-10(2)11(14)12(16)15-6-3-13(9-15)4-7-17-8-5-13;/h10-11H,3-9,14H2,1-2H3;1H. The second-order valence-corrected chi connectivity index (χ2v) is 5.89. The molecule has 0 saturated carbocycles. The molecule has 2 aliphatic heterocycles. The quantitative estimate of drug-likeness (QED) is 0.830. The highest BCUT2D eigenvalue weighted by molar-refractivity contribution is 5.85. The van der Waals surface area contributed by atoms with Crippen LogP contribution in [0.4, 0.5) is 0 Å². The molecular formula is C13H25ClN2O2.